The molecule has 2 aromatic carbocycles. The molecular weight excluding hydrogens is 316 g/mol. The maximum absolute atomic E-state index is 12.6. The molecule has 1 aliphatic rings. The van der Waals surface area contributed by atoms with Gasteiger partial charge in [0.15, 0.2) is 5.78 Å². The summed E-state index contributed by atoms with van der Waals surface area (Å²) in [5.41, 5.74) is -0.359. The molecule has 4 nitrogen and oxygen atoms in total. The van der Waals surface area contributed by atoms with Crippen LogP contribution in [0.1, 0.15) is 63.2 Å². The first kappa shape index (κ1) is 17.2. The summed E-state index contributed by atoms with van der Waals surface area (Å²) in [5, 5.41) is 10.5. The number of carbonyl (C=O) groups is 3. The zero-order chi connectivity index (χ0) is 17.9. The molecule has 0 heterocycles. The highest BCUT2D eigenvalue weighted by Crippen LogP contribution is 2.31. The van der Waals surface area contributed by atoms with Gasteiger partial charge in [0.2, 0.25) is 11.6 Å². The number of Topliss-reactive ketones (excluding diaryl/α,β-unsaturated/α-hetero) is 3. The van der Waals surface area contributed by atoms with E-state index in [9.17, 15) is 19.5 Å². The van der Waals surface area contributed by atoms with E-state index >= 15 is 0 Å². The van der Waals surface area contributed by atoms with Crippen LogP contribution in [-0.4, -0.2) is 28.1 Å². The van der Waals surface area contributed by atoms with E-state index < -0.39 is 17.2 Å². The molecule has 25 heavy (non-hydrogen) atoms. The molecule has 0 bridgehead atoms. The van der Waals surface area contributed by atoms with Gasteiger partial charge in [-0.05, 0) is 12.8 Å². The Bertz CT molecular complexity index is 784. The van der Waals surface area contributed by atoms with Gasteiger partial charge in [-0.15, -0.1) is 0 Å². The van der Waals surface area contributed by atoms with Crippen molar-refractivity contribution in [1.29, 1.82) is 0 Å². The Labute approximate surface area is 146 Å². The highest BCUT2D eigenvalue weighted by molar-refractivity contribution is 6.49. The molecule has 0 spiro atoms. The molecule has 1 saturated carbocycles. The van der Waals surface area contributed by atoms with Gasteiger partial charge < -0.3 is 5.11 Å². The Morgan fingerprint density at radius 2 is 1.16 bits per heavy atom. The SMILES string of the molecule is O=C(C(=O)c1ccc(C(=O)C2(O)CCCCC2)cc1)c1ccccc1. The van der Waals surface area contributed by atoms with Crippen LogP contribution in [0.4, 0.5) is 0 Å². The predicted molar refractivity (Wildman–Crippen MR) is 93.9 cm³/mol. The Kier molecular flexibility index (Phi) is 4.91. The van der Waals surface area contributed by atoms with Crippen LogP contribution in [0.15, 0.2) is 54.6 Å². The average Bonchev–Trinajstić information content (AvgIpc) is 2.67. The number of carbonyl (C=O) groups excluding carboxylic acids is 3. The fraction of sp³-hybridized carbons (Fsp3) is 0.286. The van der Waals surface area contributed by atoms with Crippen molar-refractivity contribution in [2.75, 3.05) is 0 Å². The summed E-state index contributed by atoms with van der Waals surface area (Å²) in [7, 11) is 0. The lowest BCUT2D eigenvalue weighted by molar-refractivity contribution is 0.0116. The maximum Gasteiger partial charge on any atom is 0.233 e. The van der Waals surface area contributed by atoms with Crippen molar-refractivity contribution in [1.82, 2.24) is 0 Å². The van der Waals surface area contributed by atoms with Crippen molar-refractivity contribution in [3.63, 3.8) is 0 Å². The van der Waals surface area contributed by atoms with Crippen molar-refractivity contribution in [3.8, 4) is 0 Å². The smallest absolute Gasteiger partial charge is 0.233 e. The quantitative estimate of drug-likeness (QED) is 0.668. The first-order valence-electron chi connectivity index (χ1n) is 8.53. The van der Waals surface area contributed by atoms with Gasteiger partial charge in [0.25, 0.3) is 0 Å². The van der Waals surface area contributed by atoms with Crippen LogP contribution in [0, 0.1) is 0 Å². The summed E-state index contributed by atoms with van der Waals surface area (Å²) in [6.07, 6.45) is 3.65. The highest BCUT2D eigenvalue weighted by atomic mass is 16.3. The van der Waals surface area contributed by atoms with Crippen molar-refractivity contribution in [2.45, 2.75) is 37.7 Å². The molecule has 3 rings (SSSR count). The number of ketones is 3. The molecule has 1 fully saturated rings. The molecule has 2 aromatic rings. The van der Waals surface area contributed by atoms with E-state index in [0.29, 0.717) is 24.0 Å². The van der Waals surface area contributed by atoms with E-state index in [2.05, 4.69) is 0 Å². The standard InChI is InChI=1S/C21H20O4/c22-18(15-7-3-1-4-8-15)19(23)16-9-11-17(12-10-16)20(24)21(25)13-5-2-6-14-21/h1,3-4,7-12,25H,2,5-6,13-14H2. The van der Waals surface area contributed by atoms with Crippen LogP contribution < -0.4 is 0 Å². The Balaban J connectivity index is 1.77. The van der Waals surface area contributed by atoms with Crippen LogP contribution in [0.3, 0.4) is 0 Å². The fourth-order valence-corrected chi connectivity index (χ4v) is 3.26. The molecule has 0 aliphatic heterocycles. The predicted octanol–water partition coefficient (Wildman–Crippen LogP) is 3.63. The monoisotopic (exact) mass is 336 g/mol. The minimum Gasteiger partial charge on any atom is -0.382 e. The molecule has 128 valence electrons. The number of rotatable bonds is 5. The zero-order valence-electron chi connectivity index (χ0n) is 13.9. The molecule has 0 amide bonds. The third-order valence-electron chi connectivity index (χ3n) is 4.75. The summed E-state index contributed by atoms with van der Waals surface area (Å²) in [6, 6.07) is 14.3. The van der Waals surface area contributed by atoms with Gasteiger partial charge in [-0.3, -0.25) is 14.4 Å². The third kappa shape index (κ3) is 3.59. The maximum atomic E-state index is 12.6. The summed E-state index contributed by atoms with van der Waals surface area (Å²) < 4.78 is 0. The summed E-state index contributed by atoms with van der Waals surface area (Å²) in [5.74, 6) is -1.49. The second-order valence-electron chi connectivity index (χ2n) is 6.52. The molecule has 0 atom stereocenters. The van der Waals surface area contributed by atoms with E-state index in [1.165, 1.54) is 24.3 Å². The lowest BCUT2D eigenvalue weighted by Gasteiger charge is -2.30. The Morgan fingerprint density at radius 3 is 1.72 bits per heavy atom. The lowest BCUT2D eigenvalue weighted by atomic mass is 9.79. The third-order valence-corrected chi connectivity index (χ3v) is 4.75. The largest absolute Gasteiger partial charge is 0.382 e. The average molecular weight is 336 g/mol. The second kappa shape index (κ2) is 7.11. The molecule has 0 radical (unpaired) electrons. The van der Waals surface area contributed by atoms with Crippen LogP contribution in [-0.2, 0) is 0 Å². The number of hydrogen-bond acceptors (Lipinski definition) is 4. The van der Waals surface area contributed by atoms with Crippen LogP contribution in [0.2, 0.25) is 0 Å². The lowest BCUT2D eigenvalue weighted by Crippen LogP contribution is -2.40. The normalized spacial score (nSPS) is 16.2. The van der Waals surface area contributed by atoms with Crippen molar-refractivity contribution in [3.05, 3.63) is 71.3 Å². The highest BCUT2D eigenvalue weighted by Gasteiger charge is 2.37. The zero-order valence-corrected chi connectivity index (χ0v) is 13.9. The minimum atomic E-state index is -1.30. The first-order valence-corrected chi connectivity index (χ1v) is 8.53. The Hall–Kier alpha value is -2.59. The molecular formula is C21H20O4. The van der Waals surface area contributed by atoms with Crippen molar-refractivity contribution in [2.24, 2.45) is 0 Å². The van der Waals surface area contributed by atoms with Crippen LogP contribution >= 0.6 is 0 Å². The molecule has 4 heteroatoms. The Morgan fingerprint density at radius 1 is 0.680 bits per heavy atom. The molecule has 0 aromatic heterocycles. The second-order valence-corrected chi connectivity index (χ2v) is 6.52. The molecule has 1 N–H and O–H groups in total. The first-order chi connectivity index (χ1) is 12.0. The van der Waals surface area contributed by atoms with Gasteiger partial charge in [-0.2, -0.15) is 0 Å². The van der Waals surface area contributed by atoms with E-state index in [1.807, 2.05) is 0 Å². The van der Waals surface area contributed by atoms with Crippen LogP contribution in [0.5, 0.6) is 0 Å². The summed E-state index contributed by atoms with van der Waals surface area (Å²) >= 11 is 0. The van der Waals surface area contributed by atoms with E-state index in [0.717, 1.165) is 19.3 Å². The summed E-state index contributed by atoms with van der Waals surface area (Å²) in [6.45, 7) is 0. The summed E-state index contributed by atoms with van der Waals surface area (Å²) in [4.78, 5) is 37.1. The minimum absolute atomic E-state index is 0.237. The van der Waals surface area contributed by atoms with Gasteiger partial charge in [-0.25, -0.2) is 0 Å². The molecule has 1 aliphatic carbocycles. The van der Waals surface area contributed by atoms with Crippen molar-refractivity contribution >= 4 is 17.3 Å². The topological polar surface area (TPSA) is 71.4 Å². The molecule has 0 unspecified atom stereocenters. The van der Waals surface area contributed by atoms with Gasteiger partial charge in [-0.1, -0.05) is 73.9 Å². The fourth-order valence-electron chi connectivity index (χ4n) is 3.26. The van der Waals surface area contributed by atoms with E-state index in [1.54, 1.807) is 30.3 Å². The number of aliphatic hydroxyl groups is 1. The number of benzene rings is 2. The van der Waals surface area contributed by atoms with Gasteiger partial charge in [0.1, 0.15) is 5.60 Å². The van der Waals surface area contributed by atoms with E-state index in [4.69, 9.17) is 0 Å². The van der Waals surface area contributed by atoms with Crippen molar-refractivity contribution < 1.29 is 19.5 Å². The van der Waals surface area contributed by atoms with Crippen LogP contribution in [0.25, 0.3) is 0 Å². The van der Waals surface area contributed by atoms with Gasteiger partial charge in [0, 0.05) is 16.7 Å². The van der Waals surface area contributed by atoms with Gasteiger partial charge >= 0.3 is 0 Å². The number of hydrogen-bond donors (Lipinski definition) is 1. The van der Waals surface area contributed by atoms with Gasteiger partial charge in [0.05, 0.1) is 0 Å². The molecule has 0 saturated heterocycles. The van der Waals surface area contributed by atoms with E-state index in [-0.39, 0.29) is 11.3 Å².